The van der Waals surface area contributed by atoms with Gasteiger partial charge in [-0.3, -0.25) is 4.79 Å². The molecule has 1 aromatic rings. The Labute approximate surface area is 76.8 Å². The molecule has 0 amide bonds. The van der Waals surface area contributed by atoms with Crippen LogP contribution >= 0.6 is 0 Å². The summed E-state index contributed by atoms with van der Waals surface area (Å²) in [6.07, 6.45) is -4.41. The Morgan fingerprint density at radius 2 is 2.07 bits per heavy atom. The van der Waals surface area contributed by atoms with Crippen molar-refractivity contribution in [3.8, 4) is 6.07 Å². The van der Waals surface area contributed by atoms with Gasteiger partial charge < -0.3 is 0 Å². The molecule has 0 N–H and O–H groups in total. The molecule has 1 aromatic heterocycles. The van der Waals surface area contributed by atoms with Crippen LogP contribution in [0.15, 0.2) is 12.1 Å². The van der Waals surface area contributed by atoms with Crippen molar-refractivity contribution in [2.45, 2.75) is 6.18 Å². The lowest BCUT2D eigenvalue weighted by Crippen LogP contribution is -2.09. The zero-order valence-corrected chi connectivity index (χ0v) is 6.67. The van der Waals surface area contributed by atoms with Crippen molar-refractivity contribution in [3.63, 3.8) is 0 Å². The molecule has 0 aliphatic carbocycles. The van der Waals surface area contributed by atoms with E-state index in [1.54, 1.807) is 0 Å². The Kier molecular flexibility index (Phi) is 2.51. The highest BCUT2D eigenvalue weighted by Crippen LogP contribution is 2.28. The lowest BCUT2D eigenvalue weighted by atomic mass is 10.2. The second-order valence-electron chi connectivity index (χ2n) is 2.40. The van der Waals surface area contributed by atoms with Gasteiger partial charge in [-0.1, -0.05) is 0 Å². The molecule has 14 heavy (non-hydrogen) atoms. The minimum absolute atomic E-state index is 0.219. The van der Waals surface area contributed by atoms with E-state index in [4.69, 9.17) is 5.26 Å². The van der Waals surface area contributed by atoms with Gasteiger partial charge in [0.2, 0.25) is 0 Å². The van der Waals surface area contributed by atoms with Crippen molar-refractivity contribution < 1.29 is 18.0 Å². The first-order valence-corrected chi connectivity index (χ1v) is 3.42. The van der Waals surface area contributed by atoms with Crippen molar-refractivity contribution in [1.82, 2.24) is 4.98 Å². The van der Waals surface area contributed by atoms with Crippen LogP contribution in [0.3, 0.4) is 0 Å². The van der Waals surface area contributed by atoms with Crippen LogP contribution in [0, 0.1) is 11.3 Å². The van der Waals surface area contributed by atoms with Gasteiger partial charge in [0, 0.05) is 5.56 Å². The number of nitriles is 1. The van der Waals surface area contributed by atoms with Gasteiger partial charge in [-0.2, -0.15) is 18.4 Å². The Balaban J connectivity index is 3.33. The van der Waals surface area contributed by atoms with E-state index < -0.39 is 17.6 Å². The number of aldehydes is 1. The molecule has 0 atom stereocenters. The molecule has 3 nitrogen and oxygen atoms in total. The molecule has 0 fully saturated rings. The largest absolute Gasteiger partial charge is 0.433 e. The number of rotatable bonds is 1. The minimum Gasteiger partial charge on any atom is -0.298 e. The quantitative estimate of drug-likeness (QED) is 0.649. The van der Waals surface area contributed by atoms with Gasteiger partial charge in [-0.25, -0.2) is 4.98 Å². The molecule has 0 bridgehead atoms. The molecule has 0 aliphatic rings. The van der Waals surface area contributed by atoms with Gasteiger partial charge >= 0.3 is 6.18 Å². The molecule has 0 unspecified atom stereocenters. The maximum absolute atomic E-state index is 12.1. The van der Waals surface area contributed by atoms with Gasteiger partial charge in [-0.15, -0.1) is 0 Å². The topological polar surface area (TPSA) is 53.8 Å². The van der Waals surface area contributed by atoms with Gasteiger partial charge in [0.05, 0.1) is 0 Å². The number of halogens is 3. The summed E-state index contributed by atoms with van der Waals surface area (Å²) in [5, 5.41) is 8.35. The Bertz CT molecular complexity index is 406. The summed E-state index contributed by atoms with van der Waals surface area (Å²) in [6, 6.07) is 3.02. The summed E-state index contributed by atoms with van der Waals surface area (Å²) in [5.74, 6) is 0. The number of carbonyl (C=O) groups excluding carboxylic acids is 1. The fraction of sp³-hybridized carbons (Fsp3) is 0.125. The SMILES string of the molecule is N#Cc1cc(C=O)cc(C(F)(F)F)n1. The van der Waals surface area contributed by atoms with Crippen LogP contribution in [0.4, 0.5) is 13.2 Å². The van der Waals surface area contributed by atoms with Crippen LogP contribution < -0.4 is 0 Å². The van der Waals surface area contributed by atoms with E-state index >= 15 is 0 Å². The summed E-state index contributed by atoms with van der Waals surface area (Å²) in [7, 11) is 0. The van der Waals surface area contributed by atoms with Crippen LogP contribution in [0.1, 0.15) is 21.7 Å². The number of pyridine rings is 1. The van der Waals surface area contributed by atoms with E-state index in [0.29, 0.717) is 6.07 Å². The molecule has 0 radical (unpaired) electrons. The van der Waals surface area contributed by atoms with Gasteiger partial charge in [0.15, 0.2) is 0 Å². The van der Waals surface area contributed by atoms with Crippen LogP contribution in [0.2, 0.25) is 0 Å². The zero-order valence-electron chi connectivity index (χ0n) is 6.67. The Morgan fingerprint density at radius 1 is 1.43 bits per heavy atom. The van der Waals surface area contributed by atoms with Gasteiger partial charge in [0.1, 0.15) is 23.7 Å². The molecular weight excluding hydrogens is 197 g/mol. The summed E-state index contributed by atoms with van der Waals surface area (Å²) >= 11 is 0. The normalized spacial score (nSPS) is 10.7. The molecule has 0 aromatic carbocycles. The molecule has 0 spiro atoms. The van der Waals surface area contributed by atoms with Gasteiger partial charge in [0.25, 0.3) is 0 Å². The van der Waals surface area contributed by atoms with E-state index in [2.05, 4.69) is 4.98 Å². The third-order valence-electron chi connectivity index (χ3n) is 1.39. The Hall–Kier alpha value is -1.90. The summed E-state index contributed by atoms with van der Waals surface area (Å²) in [5.41, 5.74) is -1.88. The number of carbonyl (C=O) groups is 1. The summed E-state index contributed by atoms with van der Waals surface area (Å²) < 4.78 is 36.4. The third kappa shape index (κ3) is 2.07. The van der Waals surface area contributed by atoms with Crippen molar-refractivity contribution in [2.75, 3.05) is 0 Å². The fourth-order valence-corrected chi connectivity index (χ4v) is 0.822. The average Bonchev–Trinajstić information content (AvgIpc) is 2.15. The molecule has 0 saturated carbocycles. The lowest BCUT2D eigenvalue weighted by molar-refractivity contribution is -0.141. The predicted molar refractivity (Wildman–Crippen MR) is 39.3 cm³/mol. The number of hydrogen-bond acceptors (Lipinski definition) is 3. The second kappa shape index (κ2) is 3.46. The van der Waals surface area contributed by atoms with E-state index in [1.807, 2.05) is 0 Å². The number of alkyl halides is 3. The van der Waals surface area contributed by atoms with Crippen LogP contribution in [-0.4, -0.2) is 11.3 Å². The molecule has 1 heterocycles. The highest BCUT2D eigenvalue weighted by molar-refractivity contribution is 5.75. The highest BCUT2D eigenvalue weighted by atomic mass is 19.4. The maximum Gasteiger partial charge on any atom is 0.433 e. The van der Waals surface area contributed by atoms with Gasteiger partial charge in [-0.05, 0) is 12.1 Å². The fourth-order valence-electron chi connectivity index (χ4n) is 0.822. The summed E-state index contributed by atoms with van der Waals surface area (Å²) in [6.45, 7) is 0. The molecule has 6 heteroatoms. The second-order valence-corrected chi connectivity index (χ2v) is 2.40. The van der Waals surface area contributed by atoms with Crippen molar-refractivity contribution in [1.29, 1.82) is 5.26 Å². The van der Waals surface area contributed by atoms with E-state index in [0.717, 1.165) is 6.07 Å². The van der Waals surface area contributed by atoms with E-state index in [9.17, 15) is 18.0 Å². The highest BCUT2D eigenvalue weighted by Gasteiger charge is 2.33. The van der Waals surface area contributed by atoms with Crippen molar-refractivity contribution >= 4 is 6.29 Å². The number of hydrogen-bond donors (Lipinski definition) is 0. The minimum atomic E-state index is -4.65. The van der Waals surface area contributed by atoms with E-state index in [1.165, 1.54) is 6.07 Å². The molecule has 72 valence electrons. The molecular formula is C8H3F3N2O. The average molecular weight is 200 g/mol. The predicted octanol–water partition coefficient (Wildman–Crippen LogP) is 1.78. The monoisotopic (exact) mass is 200 g/mol. The molecule has 0 aliphatic heterocycles. The first-order valence-electron chi connectivity index (χ1n) is 3.42. The van der Waals surface area contributed by atoms with Crippen LogP contribution in [0.25, 0.3) is 0 Å². The lowest BCUT2D eigenvalue weighted by Gasteiger charge is -2.05. The summed E-state index contributed by atoms with van der Waals surface area (Å²) in [4.78, 5) is 13.3. The standard InChI is InChI=1S/C8H3F3N2O/c9-8(10,11)7-2-5(4-14)1-6(3-12)13-7/h1-2,4H. The first kappa shape index (κ1) is 10.2. The van der Waals surface area contributed by atoms with Crippen molar-refractivity contribution in [3.05, 3.63) is 29.1 Å². The van der Waals surface area contributed by atoms with E-state index in [-0.39, 0.29) is 11.8 Å². The number of nitrogens with zero attached hydrogens (tertiary/aromatic N) is 2. The van der Waals surface area contributed by atoms with Crippen LogP contribution in [-0.2, 0) is 6.18 Å². The van der Waals surface area contributed by atoms with Crippen molar-refractivity contribution in [2.24, 2.45) is 0 Å². The molecule has 0 saturated heterocycles. The third-order valence-corrected chi connectivity index (χ3v) is 1.39. The number of aromatic nitrogens is 1. The van der Waals surface area contributed by atoms with Crippen LogP contribution in [0.5, 0.6) is 0 Å². The smallest absolute Gasteiger partial charge is 0.298 e. The first-order chi connectivity index (χ1) is 6.47. The maximum atomic E-state index is 12.1. The molecule has 1 rings (SSSR count). The zero-order chi connectivity index (χ0) is 10.8. The Morgan fingerprint density at radius 3 is 2.50 bits per heavy atom.